The smallest absolute Gasteiger partial charge is 0.341 e. The van der Waals surface area contributed by atoms with Gasteiger partial charge < -0.3 is 14.5 Å². The Bertz CT molecular complexity index is 1270. The first-order valence-corrected chi connectivity index (χ1v) is 11.8. The summed E-state index contributed by atoms with van der Waals surface area (Å²) >= 11 is 2.25. The van der Waals surface area contributed by atoms with Crippen LogP contribution in [0.2, 0.25) is 0 Å². The minimum atomic E-state index is -0.507. The van der Waals surface area contributed by atoms with Crippen LogP contribution in [0, 0.1) is 5.82 Å². The van der Waals surface area contributed by atoms with Crippen LogP contribution in [0.15, 0.2) is 69.6 Å². The van der Waals surface area contributed by atoms with E-state index in [4.69, 9.17) is 9.15 Å². The molecule has 0 unspecified atom stereocenters. The molecule has 2 aromatic carbocycles. The maximum Gasteiger partial charge on any atom is 0.341 e. The van der Waals surface area contributed by atoms with Crippen molar-refractivity contribution in [1.29, 1.82) is 0 Å². The number of nitrogens with one attached hydrogen (secondary N) is 1. The zero-order chi connectivity index (χ0) is 23.2. The predicted molar refractivity (Wildman–Crippen MR) is 125 cm³/mol. The summed E-state index contributed by atoms with van der Waals surface area (Å²) in [6.07, 6.45) is 0. The fourth-order valence-corrected chi connectivity index (χ4v) is 4.52. The van der Waals surface area contributed by atoms with Crippen LogP contribution in [-0.2, 0) is 9.53 Å². The Hall–Kier alpha value is -3.50. The molecular weight excluding hydrogens is 465 g/mol. The number of amides is 1. The number of aromatic nitrogens is 2. The molecule has 1 N–H and O–H groups in total. The monoisotopic (exact) mass is 483 g/mol. The first-order chi connectivity index (χ1) is 16.1. The predicted octanol–water partition coefficient (Wildman–Crippen LogP) is 5.51. The first kappa shape index (κ1) is 22.7. The van der Waals surface area contributed by atoms with Crippen molar-refractivity contribution in [1.82, 2.24) is 10.2 Å². The maximum atomic E-state index is 13.9. The van der Waals surface area contributed by atoms with E-state index in [0.717, 1.165) is 17.3 Å². The van der Waals surface area contributed by atoms with Crippen LogP contribution >= 0.6 is 23.1 Å². The number of hydrogen-bond acceptors (Lipinski definition) is 8. The van der Waals surface area contributed by atoms with Gasteiger partial charge in [-0.1, -0.05) is 54.2 Å². The number of carbonyl (C=O) groups is 2. The van der Waals surface area contributed by atoms with Gasteiger partial charge in [-0.3, -0.25) is 4.79 Å². The zero-order valence-electron chi connectivity index (χ0n) is 17.4. The van der Waals surface area contributed by atoms with Gasteiger partial charge in [0.05, 0.1) is 17.9 Å². The van der Waals surface area contributed by atoms with Crippen molar-refractivity contribution in [2.75, 3.05) is 17.7 Å². The van der Waals surface area contributed by atoms with E-state index in [9.17, 15) is 14.0 Å². The standard InChI is InChI=1S/C23H18FN3O4S2/c1-2-30-22(29)19-16(14-8-4-3-5-9-14)12-32-21(19)25-18(28)13-33-23-27-26-20(31-23)15-10-6-7-11-17(15)24/h3-12H,2,13H2,1H3,(H,25,28). The van der Waals surface area contributed by atoms with Crippen molar-refractivity contribution in [2.24, 2.45) is 0 Å². The molecule has 4 aromatic rings. The van der Waals surface area contributed by atoms with E-state index in [1.165, 1.54) is 23.5 Å². The van der Waals surface area contributed by atoms with Gasteiger partial charge >= 0.3 is 5.97 Å². The third-order valence-corrected chi connectivity index (χ3v) is 6.16. The average molecular weight is 484 g/mol. The second-order valence-corrected chi connectivity index (χ2v) is 8.44. The number of esters is 1. The molecule has 0 radical (unpaired) electrons. The summed E-state index contributed by atoms with van der Waals surface area (Å²) in [6.45, 7) is 1.94. The topological polar surface area (TPSA) is 94.3 Å². The summed E-state index contributed by atoms with van der Waals surface area (Å²) in [7, 11) is 0. The van der Waals surface area contributed by atoms with Crippen molar-refractivity contribution < 1.29 is 23.1 Å². The summed E-state index contributed by atoms with van der Waals surface area (Å²) in [5, 5.41) is 12.8. The molecule has 168 valence electrons. The number of rotatable bonds is 8. The summed E-state index contributed by atoms with van der Waals surface area (Å²) < 4.78 is 24.5. The highest BCUT2D eigenvalue weighted by Crippen LogP contribution is 2.36. The summed E-state index contributed by atoms with van der Waals surface area (Å²) in [4.78, 5) is 25.2. The van der Waals surface area contributed by atoms with Crippen LogP contribution in [0.4, 0.5) is 9.39 Å². The van der Waals surface area contributed by atoms with Gasteiger partial charge in [-0.15, -0.1) is 21.5 Å². The molecule has 4 rings (SSSR count). The van der Waals surface area contributed by atoms with Gasteiger partial charge in [0.25, 0.3) is 11.1 Å². The number of nitrogens with zero attached hydrogens (tertiary/aromatic N) is 2. The van der Waals surface area contributed by atoms with Gasteiger partial charge in [0.1, 0.15) is 16.4 Å². The van der Waals surface area contributed by atoms with Crippen molar-refractivity contribution in [2.45, 2.75) is 12.1 Å². The van der Waals surface area contributed by atoms with Crippen molar-refractivity contribution in [3.05, 3.63) is 71.4 Å². The Morgan fingerprint density at radius 1 is 1.09 bits per heavy atom. The molecule has 0 aliphatic rings. The second kappa shape index (κ2) is 10.4. The number of ether oxygens (including phenoxy) is 1. The lowest BCUT2D eigenvalue weighted by Gasteiger charge is -2.08. The molecule has 1 amide bonds. The van der Waals surface area contributed by atoms with E-state index in [-0.39, 0.29) is 34.9 Å². The minimum Gasteiger partial charge on any atom is -0.462 e. The maximum absolute atomic E-state index is 13.9. The zero-order valence-corrected chi connectivity index (χ0v) is 19.0. The summed E-state index contributed by atoms with van der Waals surface area (Å²) in [5.74, 6) is -1.36. The number of thiophene rings is 1. The molecular formula is C23H18FN3O4S2. The van der Waals surface area contributed by atoms with Crippen molar-refractivity contribution >= 4 is 40.0 Å². The Morgan fingerprint density at radius 3 is 2.61 bits per heavy atom. The quantitative estimate of drug-likeness (QED) is 0.261. The summed E-state index contributed by atoms with van der Waals surface area (Å²) in [6, 6.07) is 15.4. The van der Waals surface area contributed by atoms with E-state index in [1.807, 2.05) is 35.7 Å². The lowest BCUT2D eigenvalue weighted by atomic mass is 10.0. The van der Waals surface area contributed by atoms with Gasteiger partial charge in [-0.05, 0) is 24.6 Å². The minimum absolute atomic E-state index is 0.0337. The van der Waals surface area contributed by atoms with Crippen LogP contribution in [0.1, 0.15) is 17.3 Å². The van der Waals surface area contributed by atoms with Crippen molar-refractivity contribution in [3.8, 4) is 22.6 Å². The van der Waals surface area contributed by atoms with E-state index >= 15 is 0 Å². The first-order valence-electron chi connectivity index (χ1n) is 9.92. The number of benzene rings is 2. The highest BCUT2D eigenvalue weighted by atomic mass is 32.2. The van der Waals surface area contributed by atoms with Crippen LogP contribution in [-0.4, -0.2) is 34.4 Å². The summed E-state index contributed by atoms with van der Waals surface area (Å²) in [5.41, 5.74) is 2.03. The Balaban J connectivity index is 1.46. The van der Waals surface area contributed by atoms with Gasteiger partial charge in [0, 0.05) is 10.9 Å². The van der Waals surface area contributed by atoms with Gasteiger partial charge in [0.15, 0.2) is 0 Å². The van der Waals surface area contributed by atoms with Crippen molar-refractivity contribution in [3.63, 3.8) is 0 Å². The van der Waals surface area contributed by atoms with Gasteiger partial charge in [-0.2, -0.15) is 0 Å². The molecule has 2 aromatic heterocycles. The Morgan fingerprint density at radius 2 is 1.85 bits per heavy atom. The molecule has 0 saturated heterocycles. The molecule has 10 heteroatoms. The van der Waals surface area contributed by atoms with Crippen LogP contribution in [0.25, 0.3) is 22.6 Å². The average Bonchev–Trinajstić information content (AvgIpc) is 3.46. The molecule has 0 bridgehead atoms. The lowest BCUT2D eigenvalue weighted by Crippen LogP contribution is -2.16. The SMILES string of the molecule is CCOC(=O)c1c(-c2ccccc2)csc1NC(=O)CSc1nnc(-c2ccccc2F)o1. The Labute approximate surface area is 197 Å². The molecule has 0 atom stereocenters. The molecule has 33 heavy (non-hydrogen) atoms. The highest BCUT2D eigenvalue weighted by Gasteiger charge is 2.23. The van der Waals surface area contributed by atoms with Crippen LogP contribution in [0.5, 0.6) is 0 Å². The molecule has 0 spiro atoms. The Kier molecular flexibility index (Phi) is 7.16. The van der Waals surface area contributed by atoms with Crippen LogP contribution < -0.4 is 5.32 Å². The van der Waals surface area contributed by atoms with Gasteiger partial charge in [0.2, 0.25) is 5.91 Å². The molecule has 0 aliphatic heterocycles. The number of halogens is 1. The van der Waals surface area contributed by atoms with Gasteiger partial charge in [-0.25, -0.2) is 9.18 Å². The molecule has 0 saturated carbocycles. The van der Waals surface area contributed by atoms with E-state index < -0.39 is 11.8 Å². The number of anilines is 1. The highest BCUT2D eigenvalue weighted by molar-refractivity contribution is 7.99. The third-order valence-electron chi connectivity index (χ3n) is 4.45. The normalized spacial score (nSPS) is 10.7. The number of thioether (sulfide) groups is 1. The van der Waals surface area contributed by atoms with E-state index in [0.29, 0.717) is 16.1 Å². The molecule has 0 fully saturated rings. The number of carbonyl (C=O) groups excluding carboxylic acids is 2. The molecule has 2 heterocycles. The van der Waals surface area contributed by atoms with Crippen LogP contribution in [0.3, 0.4) is 0 Å². The fourth-order valence-electron chi connectivity index (χ4n) is 2.99. The van der Waals surface area contributed by atoms with E-state index in [2.05, 4.69) is 15.5 Å². The molecule has 0 aliphatic carbocycles. The molecule has 7 nitrogen and oxygen atoms in total. The second-order valence-electron chi connectivity index (χ2n) is 6.63. The lowest BCUT2D eigenvalue weighted by molar-refractivity contribution is -0.113. The number of hydrogen-bond donors (Lipinski definition) is 1. The third kappa shape index (κ3) is 5.29. The van der Waals surface area contributed by atoms with E-state index in [1.54, 1.807) is 19.1 Å². The fraction of sp³-hybridized carbons (Fsp3) is 0.130. The largest absolute Gasteiger partial charge is 0.462 e.